The Labute approximate surface area is 101 Å². The first-order valence-corrected chi connectivity index (χ1v) is 6.69. The molecule has 0 saturated carbocycles. The number of piperazine rings is 1. The van der Waals surface area contributed by atoms with Crippen molar-refractivity contribution in [2.75, 3.05) is 51.6 Å². The van der Waals surface area contributed by atoms with Gasteiger partial charge in [0.15, 0.2) is 5.13 Å². The van der Waals surface area contributed by atoms with E-state index in [1.54, 1.807) is 11.3 Å². The molecule has 2 rings (SSSR count). The van der Waals surface area contributed by atoms with Crippen molar-refractivity contribution >= 4 is 16.5 Å². The first kappa shape index (κ1) is 11.8. The van der Waals surface area contributed by atoms with Gasteiger partial charge < -0.3 is 10.2 Å². The van der Waals surface area contributed by atoms with Gasteiger partial charge in [0, 0.05) is 44.6 Å². The Hall–Kier alpha value is -0.650. The van der Waals surface area contributed by atoms with Crippen molar-refractivity contribution in [3.63, 3.8) is 0 Å². The van der Waals surface area contributed by atoms with Crippen LogP contribution in [0.3, 0.4) is 0 Å². The number of hydrogen-bond acceptors (Lipinski definition) is 5. The van der Waals surface area contributed by atoms with Crippen molar-refractivity contribution in [1.82, 2.24) is 14.8 Å². The number of hydrogen-bond donors (Lipinski definition) is 1. The topological polar surface area (TPSA) is 31.4 Å². The summed E-state index contributed by atoms with van der Waals surface area (Å²) in [5.41, 5.74) is 1.10. The number of rotatable bonds is 4. The molecule has 0 aromatic carbocycles. The van der Waals surface area contributed by atoms with Gasteiger partial charge in [0.1, 0.15) is 0 Å². The first-order chi connectivity index (χ1) is 7.74. The Bertz CT molecular complexity index is 318. The van der Waals surface area contributed by atoms with Gasteiger partial charge in [-0.25, -0.2) is 4.98 Å². The maximum atomic E-state index is 4.39. The maximum Gasteiger partial charge on any atom is 0.182 e. The third-order valence-corrected chi connectivity index (χ3v) is 3.84. The van der Waals surface area contributed by atoms with E-state index in [1.807, 2.05) is 6.92 Å². The van der Waals surface area contributed by atoms with Crippen LogP contribution >= 0.6 is 11.3 Å². The smallest absolute Gasteiger partial charge is 0.182 e. The molecule has 1 aromatic rings. The molecule has 0 amide bonds. The normalized spacial score (nSPS) is 18.9. The summed E-state index contributed by atoms with van der Waals surface area (Å²) in [6, 6.07) is 0. The summed E-state index contributed by atoms with van der Waals surface area (Å²) >= 11 is 1.69. The average Bonchev–Trinajstić information content (AvgIpc) is 2.67. The average molecular weight is 240 g/mol. The molecule has 1 saturated heterocycles. The molecule has 1 aromatic heterocycles. The molecule has 0 atom stereocenters. The summed E-state index contributed by atoms with van der Waals surface area (Å²) in [4.78, 5) is 9.28. The summed E-state index contributed by atoms with van der Waals surface area (Å²) in [5, 5.41) is 6.51. The Morgan fingerprint density at radius 1 is 1.38 bits per heavy atom. The number of aryl methyl sites for hydroxylation is 1. The lowest BCUT2D eigenvalue weighted by Crippen LogP contribution is -2.45. The fraction of sp³-hybridized carbons (Fsp3) is 0.727. The van der Waals surface area contributed by atoms with Crippen LogP contribution in [0, 0.1) is 6.92 Å². The minimum Gasteiger partial charge on any atom is -0.360 e. The number of anilines is 1. The van der Waals surface area contributed by atoms with Crippen molar-refractivity contribution < 1.29 is 0 Å². The number of aromatic nitrogens is 1. The minimum atomic E-state index is 0.997. The van der Waals surface area contributed by atoms with Crippen LogP contribution in [0.25, 0.3) is 0 Å². The Morgan fingerprint density at radius 3 is 2.75 bits per heavy atom. The van der Waals surface area contributed by atoms with Gasteiger partial charge in [-0.15, -0.1) is 11.3 Å². The van der Waals surface area contributed by atoms with Crippen molar-refractivity contribution in [2.24, 2.45) is 0 Å². The van der Waals surface area contributed by atoms with E-state index in [-0.39, 0.29) is 0 Å². The monoisotopic (exact) mass is 240 g/mol. The molecule has 0 unspecified atom stereocenters. The molecular formula is C11H20N4S. The minimum absolute atomic E-state index is 0.997. The van der Waals surface area contributed by atoms with Crippen molar-refractivity contribution in [2.45, 2.75) is 6.92 Å². The van der Waals surface area contributed by atoms with E-state index >= 15 is 0 Å². The van der Waals surface area contributed by atoms with Gasteiger partial charge >= 0.3 is 0 Å². The van der Waals surface area contributed by atoms with Gasteiger partial charge in [-0.2, -0.15) is 0 Å². The second-order valence-electron chi connectivity index (χ2n) is 4.37. The molecular weight excluding hydrogens is 220 g/mol. The molecule has 2 heterocycles. The van der Waals surface area contributed by atoms with Gasteiger partial charge in [0.25, 0.3) is 0 Å². The zero-order valence-corrected chi connectivity index (χ0v) is 10.9. The van der Waals surface area contributed by atoms with Gasteiger partial charge in [-0.05, 0) is 14.0 Å². The lowest BCUT2D eigenvalue weighted by molar-refractivity contribution is 0.158. The first-order valence-electron chi connectivity index (χ1n) is 5.81. The van der Waals surface area contributed by atoms with E-state index in [0.29, 0.717) is 0 Å². The second-order valence-corrected chi connectivity index (χ2v) is 5.22. The van der Waals surface area contributed by atoms with Crippen LogP contribution in [0.1, 0.15) is 5.69 Å². The molecule has 0 radical (unpaired) electrons. The number of nitrogens with zero attached hydrogens (tertiary/aromatic N) is 3. The molecule has 0 aliphatic carbocycles. The largest absolute Gasteiger partial charge is 0.360 e. The van der Waals surface area contributed by atoms with Gasteiger partial charge in [0.2, 0.25) is 0 Å². The van der Waals surface area contributed by atoms with Crippen LogP contribution < -0.4 is 5.32 Å². The molecule has 1 aliphatic heterocycles. The van der Waals surface area contributed by atoms with Crippen LogP contribution in [0.2, 0.25) is 0 Å². The standard InChI is InChI=1S/C11H20N4S/c1-10-9-16-11(13-10)12-3-4-15-7-5-14(2)6-8-15/h9H,3-8H2,1-2H3,(H,12,13). The van der Waals surface area contributed by atoms with Crippen LogP contribution in [-0.4, -0.2) is 61.1 Å². The third kappa shape index (κ3) is 3.43. The second kappa shape index (κ2) is 5.61. The van der Waals surface area contributed by atoms with Crippen molar-refractivity contribution in [3.05, 3.63) is 11.1 Å². The highest BCUT2D eigenvalue weighted by Crippen LogP contribution is 2.13. The molecule has 1 aliphatic rings. The van der Waals surface area contributed by atoms with Crippen LogP contribution in [0.5, 0.6) is 0 Å². The highest BCUT2D eigenvalue weighted by atomic mass is 32.1. The predicted octanol–water partition coefficient (Wildman–Crippen LogP) is 1.11. The Balaban J connectivity index is 1.64. The highest BCUT2D eigenvalue weighted by molar-refractivity contribution is 7.13. The van der Waals surface area contributed by atoms with E-state index in [2.05, 4.69) is 32.5 Å². The molecule has 0 bridgehead atoms. The molecule has 1 N–H and O–H groups in total. The van der Waals surface area contributed by atoms with E-state index < -0.39 is 0 Å². The maximum absolute atomic E-state index is 4.39. The summed E-state index contributed by atoms with van der Waals surface area (Å²) in [6.45, 7) is 8.90. The summed E-state index contributed by atoms with van der Waals surface area (Å²) in [5.74, 6) is 0. The zero-order chi connectivity index (χ0) is 11.4. The molecule has 90 valence electrons. The predicted molar refractivity (Wildman–Crippen MR) is 69.3 cm³/mol. The highest BCUT2D eigenvalue weighted by Gasteiger charge is 2.12. The fourth-order valence-electron chi connectivity index (χ4n) is 1.83. The Morgan fingerprint density at radius 2 is 2.12 bits per heavy atom. The quantitative estimate of drug-likeness (QED) is 0.854. The lowest BCUT2D eigenvalue weighted by atomic mass is 10.3. The van der Waals surface area contributed by atoms with E-state index in [1.165, 1.54) is 26.2 Å². The van der Waals surface area contributed by atoms with E-state index in [0.717, 1.165) is 23.9 Å². The van der Waals surface area contributed by atoms with Crippen molar-refractivity contribution in [3.8, 4) is 0 Å². The number of nitrogens with one attached hydrogen (secondary N) is 1. The summed E-state index contributed by atoms with van der Waals surface area (Å²) < 4.78 is 0. The molecule has 16 heavy (non-hydrogen) atoms. The lowest BCUT2D eigenvalue weighted by Gasteiger charge is -2.32. The Kier molecular flexibility index (Phi) is 4.15. The third-order valence-electron chi connectivity index (χ3n) is 2.92. The van der Waals surface area contributed by atoms with Gasteiger partial charge in [0.05, 0.1) is 5.69 Å². The SMILES string of the molecule is Cc1csc(NCCN2CCN(C)CC2)n1. The molecule has 5 heteroatoms. The molecule has 0 spiro atoms. The van der Waals surface area contributed by atoms with Crippen LogP contribution in [-0.2, 0) is 0 Å². The molecule has 1 fully saturated rings. The number of likely N-dealkylation sites (N-methyl/N-ethyl adjacent to an activating group) is 1. The van der Waals surface area contributed by atoms with E-state index in [9.17, 15) is 0 Å². The zero-order valence-electron chi connectivity index (χ0n) is 10.1. The fourth-order valence-corrected chi connectivity index (χ4v) is 2.54. The summed E-state index contributed by atoms with van der Waals surface area (Å²) in [6.07, 6.45) is 0. The van der Waals surface area contributed by atoms with Crippen LogP contribution in [0.15, 0.2) is 5.38 Å². The van der Waals surface area contributed by atoms with Crippen LogP contribution in [0.4, 0.5) is 5.13 Å². The van der Waals surface area contributed by atoms with Crippen molar-refractivity contribution in [1.29, 1.82) is 0 Å². The van der Waals surface area contributed by atoms with Gasteiger partial charge in [-0.1, -0.05) is 0 Å². The number of thiazole rings is 1. The van der Waals surface area contributed by atoms with Gasteiger partial charge in [-0.3, -0.25) is 4.90 Å². The molecule has 4 nitrogen and oxygen atoms in total. The van der Waals surface area contributed by atoms with E-state index in [4.69, 9.17) is 0 Å². The summed E-state index contributed by atoms with van der Waals surface area (Å²) in [7, 11) is 2.19.